The Kier molecular flexibility index (Phi) is 5.11. The lowest BCUT2D eigenvalue weighted by molar-refractivity contribution is -0.119. The van der Waals surface area contributed by atoms with Crippen LogP contribution < -0.4 is 4.90 Å². The maximum Gasteiger partial charge on any atom is 0.214 e. The number of carbonyl (C=O) groups is 2. The minimum atomic E-state index is -0.145. The van der Waals surface area contributed by atoms with E-state index in [4.69, 9.17) is 0 Å². The van der Waals surface area contributed by atoms with Gasteiger partial charge >= 0.3 is 0 Å². The molecule has 0 spiro atoms. The molecular weight excluding hydrogens is 284 g/mol. The summed E-state index contributed by atoms with van der Waals surface area (Å²) in [5.74, 6) is 0. The summed E-state index contributed by atoms with van der Waals surface area (Å²) in [6.45, 7) is 2.45. The van der Waals surface area contributed by atoms with Crippen LogP contribution in [0.15, 0.2) is 41.8 Å². The third-order valence-electron chi connectivity index (χ3n) is 3.45. The van der Waals surface area contributed by atoms with Gasteiger partial charge in [0.25, 0.3) is 0 Å². The zero-order valence-corrected chi connectivity index (χ0v) is 12.9. The number of carbonyl (C=O) groups excluding carboxylic acids is 2. The summed E-state index contributed by atoms with van der Waals surface area (Å²) in [5.41, 5.74) is 1.96. The maximum atomic E-state index is 11.4. The van der Waals surface area contributed by atoms with Gasteiger partial charge in [-0.2, -0.15) is 0 Å². The molecule has 5 heteroatoms. The van der Waals surface area contributed by atoms with E-state index < -0.39 is 0 Å². The van der Waals surface area contributed by atoms with Crippen molar-refractivity contribution in [3.63, 3.8) is 0 Å². The first kappa shape index (κ1) is 15.3. The first-order valence-corrected chi connectivity index (χ1v) is 7.53. The molecule has 21 heavy (non-hydrogen) atoms. The van der Waals surface area contributed by atoms with E-state index in [9.17, 15) is 9.59 Å². The summed E-state index contributed by atoms with van der Waals surface area (Å²) < 4.78 is 0. The number of nitrogens with zero attached hydrogens (tertiary/aromatic N) is 2. The normalized spacial score (nSPS) is 11.7. The SMILES string of the molecule is Cc1ccsc1C(CN(C=O)c1ccccc1)N(C)C=O. The van der Waals surface area contributed by atoms with Crippen molar-refractivity contribution in [2.45, 2.75) is 13.0 Å². The zero-order valence-electron chi connectivity index (χ0n) is 12.1. The number of rotatable bonds is 7. The van der Waals surface area contributed by atoms with Crippen molar-refractivity contribution in [3.8, 4) is 0 Å². The van der Waals surface area contributed by atoms with Crippen molar-refractivity contribution in [2.24, 2.45) is 0 Å². The highest BCUT2D eigenvalue weighted by molar-refractivity contribution is 7.10. The molecule has 1 atom stereocenters. The molecule has 0 aliphatic heterocycles. The predicted molar refractivity (Wildman–Crippen MR) is 85.5 cm³/mol. The Labute approximate surface area is 128 Å². The van der Waals surface area contributed by atoms with E-state index in [1.807, 2.05) is 48.7 Å². The molecule has 0 radical (unpaired) electrons. The summed E-state index contributed by atoms with van der Waals surface area (Å²) in [6.07, 6.45) is 1.61. The number of hydrogen-bond donors (Lipinski definition) is 0. The van der Waals surface area contributed by atoms with Gasteiger partial charge in [0.15, 0.2) is 0 Å². The number of aryl methyl sites for hydroxylation is 1. The lowest BCUT2D eigenvalue weighted by Crippen LogP contribution is -2.35. The Morgan fingerprint density at radius 3 is 2.38 bits per heavy atom. The average molecular weight is 302 g/mol. The van der Waals surface area contributed by atoms with Crippen LogP contribution in [0.5, 0.6) is 0 Å². The second-order valence-electron chi connectivity index (χ2n) is 4.85. The molecule has 4 nitrogen and oxygen atoms in total. The van der Waals surface area contributed by atoms with Crippen molar-refractivity contribution in [2.75, 3.05) is 18.5 Å². The fourth-order valence-electron chi connectivity index (χ4n) is 2.21. The highest BCUT2D eigenvalue weighted by atomic mass is 32.1. The number of para-hydroxylation sites is 1. The monoisotopic (exact) mass is 302 g/mol. The Balaban J connectivity index is 2.28. The molecule has 1 unspecified atom stereocenters. The quantitative estimate of drug-likeness (QED) is 0.738. The zero-order chi connectivity index (χ0) is 15.2. The van der Waals surface area contributed by atoms with Crippen molar-refractivity contribution >= 4 is 29.8 Å². The molecule has 0 fully saturated rings. The molecule has 2 aromatic rings. The van der Waals surface area contributed by atoms with Crippen LogP contribution in [0.4, 0.5) is 5.69 Å². The molecule has 1 aromatic carbocycles. The van der Waals surface area contributed by atoms with E-state index in [1.165, 1.54) is 0 Å². The Morgan fingerprint density at radius 2 is 1.86 bits per heavy atom. The van der Waals surface area contributed by atoms with Gasteiger partial charge in [0.1, 0.15) is 0 Å². The topological polar surface area (TPSA) is 40.6 Å². The van der Waals surface area contributed by atoms with Crippen LogP contribution in [0, 0.1) is 6.92 Å². The van der Waals surface area contributed by atoms with Crippen LogP contribution in [0.3, 0.4) is 0 Å². The number of likely N-dealkylation sites (N-methyl/N-ethyl adjacent to an activating group) is 1. The summed E-state index contributed by atoms with van der Waals surface area (Å²) >= 11 is 1.61. The summed E-state index contributed by atoms with van der Waals surface area (Å²) in [6, 6.07) is 11.3. The number of amides is 2. The highest BCUT2D eigenvalue weighted by Crippen LogP contribution is 2.29. The van der Waals surface area contributed by atoms with Gasteiger partial charge in [-0.25, -0.2) is 0 Å². The van der Waals surface area contributed by atoms with Crippen LogP contribution in [-0.4, -0.2) is 31.3 Å². The molecular formula is C16H18N2O2S. The van der Waals surface area contributed by atoms with E-state index in [-0.39, 0.29) is 6.04 Å². The Bertz CT molecular complexity index is 597. The molecule has 1 aromatic heterocycles. The molecule has 2 rings (SSSR count). The van der Waals surface area contributed by atoms with E-state index in [1.54, 1.807) is 28.2 Å². The lowest BCUT2D eigenvalue weighted by Gasteiger charge is -2.29. The fourth-order valence-corrected chi connectivity index (χ4v) is 3.28. The molecule has 0 aliphatic rings. The number of anilines is 1. The first-order valence-electron chi connectivity index (χ1n) is 6.65. The van der Waals surface area contributed by atoms with Crippen LogP contribution in [0.2, 0.25) is 0 Å². The molecule has 0 saturated heterocycles. The minimum absolute atomic E-state index is 0.145. The smallest absolute Gasteiger partial charge is 0.214 e. The lowest BCUT2D eigenvalue weighted by atomic mass is 10.1. The van der Waals surface area contributed by atoms with Gasteiger partial charge in [-0.3, -0.25) is 9.59 Å². The minimum Gasteiger partial charge on any atom is -0.339 e. The second-order valence-corrected chi connectivity index (χ2v) is 5.80. The van der Waals surface area contributed by atoms with Crippen LogP contribution >= 0.6 is 11.3 Å². The van der Waals surface area contributed by atoms with Crippen LogP contribution in [-0.2, 0) is 9.59 Å². The summed E-state index contributed by atoms with van der Waals surface area (Å²) in [5, 5.41) is 2.00. The number of benzene rings is 1. The van der Waals surface area contributed by atoms with Gasteiger partial charge in [-0.15, -0.1) is 11.3 Å². The Hall–Kier alpha value is -2.14. The molecule has 0 bridgehead atoms. The van der Waals surface area contributed by atoms with Gasteiger partial charge in [0, 0.05) is 17.6 Å². The van der Waals surface area contributed by atoms with Gasteiger partial charge in [0.05, 0.1) is 12.6 Å². The van der Waals surface area contributed by atoms with Gasteiger partial charge in [-0.1, -0.05) is 18.2 Å². The molecule has 1 heterocycles. The van der Waals surface area contributed by atoms with E-state index >= 15 is 0 Å². The number of thiophene rings is 1. The maximum absolute atomic E-state index is 11.4. The van der Waals surface area contributed by atoms with E-state index in [2.05, 4.69) is 0 Å². The second kappa shape index (κ2) is 7.04. The summed E-state index contributed by atoms with van der Waals surface area (Å²) in [7, 11) is 1.74. The predicted octanol–water partition coefficient (Wildman–Crippen LogP) is 2.85. The Morgan fingerprint density at radius 1 is 1.14 bits per heavy atom. The fraction of sp³-hybridized carbons (Fsp3) is 0.250. The van der Waals surface area contributed by atoms with Gasteiger partial charge < -0.3 is 9.80 Å². The summed E-state index contributed by atoms with van der Waals surface area (Å²) in [4.78, 5) is 27.0. The average Bonchev–Trinajstić information content (AvgIpc) is 2.94. The van der Waals surface area contributed by atoms with Crippen molar-refractivity contribution in [1.82, 2.24) is 4.90 Å². The molecule has 0 aliphatic carbocycles. The molecule has 0 N–H and O–H groups in total. The van der Waals surface area contributed by atoms with Crippen molar-refractivity contribution in [3.05, 3.63) is 52.2 Å². The van der Waals surface area contributed by atoms with Crippen molar-refractivity contribution in [1.29, 1.82) is 0 Å². The van der Waals surface area contributed by atoms with Gasteiger partial charge in [0.2, 0.25) is 12.8 Å². The third-order valence-corrected chi connectivity index (χ3v) is 4.57. The standard InChI is InChI=1S/C16H18N2O2S/c1-13-8-9-21-16(13)15(17(2)11-19)10-18(12-20)14-6-4-3-5-7-14/h3-9,11-12,15H,10H2,1-2H3. The van der Waals surface area contributed by atoms with Gasteiger partial charge in [-0.05, 0) is 36.1 Å². The molecule has 2 amide bonds. The van der Waals surface area contributed by atoms with Crippen molar-refractivity contribution < 1.29 is 9.59 Å². The molecule has 110 valence electrons. The third kappa shape index (κ3) is 3.49. The number of hydrogen-bond acceptors (Lipinski definition) is 3. The largest absolute Gasteiger partial charge is 0.339 e. The molecule has 0 saturated carbocycles. The highest BCUT2D eigenvalue weighted by Gasteiger charge is 2.22. The van der Waals surface area contributed by atoms with Crippen LogP contribution in [0.25, 0.3) is 0 Å². The van der Waals surface area contributed by atoms with E-state index in [0.717, 1.165) is 28.9 Å². The first-order chi connectivity index (χ1) is 10.2. The van der Waals surface area contributed by atoms with Crippen LogP contribution in [0.1, 0.15) is 16.5 Å². The van der Waals surface area contributed by atoms with E-state index in [0.29, 0.717) is 6.54 Å².